The number of hydrogen-bond acceptors (Lipinski definition) is 8. The van der Waals surface area contributed by atoms with Gasteiger partial charge in [-0.05, 0) is 65.4 Å². The van der Waals surface area contributed by atoms with Crippen molar-refractivity contribution in [3.05, 3.63) is 64.9 Å². The van der Waals surface area contributed by atoms with Crippen molar-refractivity contribution in [2.75, 3.05) is 24.3 Å². The molecule has 6 nitrogen and oxygen atoms in total. The lowest BCUT2D eigenvalue weighted by Crippen LogP contribution is -2.26. The Labute approximate surface area is 230 Å². The zero-order chi connectivity index (χ0) is 26.3. The number of ether oxygens (including phenoxy) is 2. The van der Waals surface area contributed by atoms with Gasteiger partial charge in [0, 0.05) is 16.9 Å². The van der Waals surface area contributed by atoms with E-state index in [9.17, 15) is 0 Å². The average molecular weight is 543 g/mol. The van der Waals surface area contributed by atoms with Gasteiger partial charge in [-0.2, -0.15) is 0 Å². The van der Waals surface area contributed by atoms with Crippen LogP contribution >= 0.6 is 22.7 Å². The lowest BCUT2D eigenvalue weighted by molar-refractivity contribution is 0.168. The van der Waals surface area contributed by atoms with Crippen molar-refractivity contribution < 1.29 is 9.47 Å². The maximum atomic E-state index is 6.39. The second kappa shape index (κ2) is 9.93. The number of benzene rings is 2. The number of fused-ring (bicyclic) bond motifs is 2. The molecule has 3 N–H and O–H groups in total. The van der Waals surface area contributed by atoms with Crippen LogP contribution in [0.1, 0.15) is 39.2 Å². The molecule has 0 radical (unpaired) electrons. The molecule has 0 aliphatic carbocycles. The molecule has 4 heterocycles. The Morgan fingerprint density at radius 2 is 1.42 bits per heavy atom. The van der Waals surface area contributed by atoms with Gasteiger partial charge in [-0.25, -0.2) is 9.97 Å². The predicted molar refractivity (Wildman–Crippen MR) is 159 cm³/mol. The first-order chi connectivity index (χ1) is 18.5. The van der Waals surface area contributed by atoms with Crippen LogP contribution in [0.2, 0.25) is 0 Å². The van der Waals surface area contributed by atoms with E-state index in [0.29, 0.717) is 24.7 Å². The Hall–Kier alpha value is -3.62. The molecule has 0 fully saturated rings. The van der Waals surface area contributed by atoms with E-state index < -0.39 is 0 Å². The second-order valence-electron chi connectivity index (χ2n) is 9.69. The van der Waals surface area contributed by atoms with E-state index in [1.165, 1.54) is 0 Å². The molecule has 2 aromatic carbocycles. The summed E-state index contributed by atoms with van der Waals surface area (Å²) in [5, 5.41) is 7.75. The van der Waals surface area contributed by atoms with Crippen LogP contribution in [0, 0.1) is 0 Å². The highest BCUT2D eigenvalue weighted by Crippen LogP contribution is 2.53. The van der Waals surface area contributed by atoms with Crippen LogP contribution in [0.4, 0.5) is 17.1 Å². The van der Waals surface area contributed by atoms with Crippen LogP contribution in [0.25, 0.3) is 32.2 Å². The molecule has 0 bridgehead atoms. The van der Waals surface area contributed by atoms with Crippen LogP contribution in [0.3, 0.4) is 0 Å². The van der Waals surface area contributed by atoms with Gasteiger partial charge in [-0.15, -0.1) is 22.7 Å². The minimum Gasteiger partial charge on any atom is -0.486 e. The van der Waals surface area contributed by atoms with Crippen molar-refractivity contribution in [1.82, 2.24) is 9.97 Å². The number of hydrogen-bond donors (Lipinski definition) is 2. The van der Waals surface area contributed by atoms with Gasteiger partial charge in [0.05, 0.1) is 15.3 Å². The third kappa shape index (κ3) is 4.18. The van der Waals surface area contributed by atoms with Gasteiger partial charge in [0.25, 0.3) is 0 Å². The molecular weight excluding hydrogens is 512 g/mol. The van der Waals surface area contributed by atoms with Gasteiger partial charge in [-0.1, -0.05) is 32.9 Å². The summed E-state index contributed by atoms with van der Waals surface area (Å²) in [4.78, 5) is 13.0. The topological polar surface area (TPSA) is 82.3 Å². The van der Waals surface area contributed by atoms with Crippen LogP contribution in [0.15, 0.2) is 59.3 Å². The highest BCUT2D eigenvalue weighted by Gasteiger charge is 2.36. The van der Waals surface area contributed by atoms with Gasteiger partial charge in [0.2, 0.25) is 0 Å². The molecule has 3 aromatic heterocycles. The van der Waals surface area contributed by atoms with E-state index >= 15 is 0 Å². The largest absolute Gasteiger partial charge is 0.486 e. The van der Waals surface area contributed by atoms with Crippen molar-refractivity contribution in [3.63, 3.8) is 0 Å². The summed E-state index contributed by atoms with van der Waals surface area (Å²) in [6, 6.07) is 16.0. The molecule has 0 atom stereocenters. The number of nitrogen functional groups attached to an aromatic ring is 1. The second-order valence-corrected chi connectivity index (χ2v) is 11.6. The molecule has 1 aliphatic heterocycles. The Kier molecular flexibility index (Phi) is 6.45. The molecule has 0 amide bonds. The Bertz CT molecular complexity index is 1580. The van der Waals surface area contributed by atoms with Crippen molar-refractivity contribution >= 4 is 50.8 Å². The molecular formula is C30H30N4O2S2. The maximum absolute atomic E-state index is 6.39. The predicted octanol–water partition coefficient (Wildman–Crippen LogP) is 8.26. The molecule has 0 spiro atoms. The summed E-state index contributed by atoms with van der Waals surface area (Å²) in [5.41, 5.74) is 12.6. The summed E-state index contributed by atoms with van der Waals surface area (Å²) >= 11 is 3.34. The lowest BCUT2D eigenvalue weighted by Gasteiger charge is -2.34. The fraction of sp³-hybridized carbons (Fsp3) is 0.267. The third-order valence-corrected chi connectivity index (χ3v) is 9.21. The Balaban J connectivity index is 1.74. The van der Waals surface area contributed by atoms with Gasteiger partial charge in [-0.3, -0.25) is 0 Å². The van der Waals surface area contributed by atoms with E-state index in [1.807, 2.05) is 24.3 Å². The number of nitrogens with one attached hydrogen (secondary N) is 1. The Morgan fingerprint density at radius 1 is 0.842 bits per heavy atom. The normalized spacial score (nSPS) is 13.1. The van der Waals surface area contributed by atoms with E-state index in [1.54, 1.807) is 22.7 Å². The molecule has 38 heavy (non-hydrogen) atoms. The molecule has 5 aromatic rings. The minimum absolute atomic E-state index is 0.172. The lowest BCUT2D eigenvalue weighted by atomic mass is 9.76. The summed E-state index contributed by atoms with van der Waals surface area (Å²) in [5.74, 6) is 1.46. The number of nitrogens with two attached hydrogens (primary N) is 1. The van der Waals surface area contributed by atoms with E-state index in [-0.39, 0.29) is 5.41 Å². The fourth-order valence-electron chi connectivity index (χ4n) is 4.95. The molecule has 0 saturated carbocycles. The first-order valence-corrected chi connectivity index (χ1v) is 14.7. The number of nitrogens with zero attached hydrogens (tertiary/aromatic N) is 2. The summed E-state index contributed by atoms with van der Waals surface area (Å²) < 4.78 is 12.7. The molecule has 194 valence electrons. The van der Waals surface area contributed by atoms with Gasteiger partial charge < -0.3 is 20.5 Å². The average Bonchev–Trinajstić information content (AvgIpc) is 3.68. The maximum Gasteiger partial charge on any atom is 0.187 e. The van der Waals surface area contributed by atoms with Gasteiger partial charge in [0.15, 0.2) is 11.5 Å². The molecule has 1 aliphatic rings. The van der Waals surface area contributed by atoms with Gasteiger partial charge in [0.1, 0.15) is 35.8 Å². The zero-order valence-corrected chi connectivity index (χ0v) is 23.3. The molecule has 8 heteroatoms. The minimum atomic E-state index is -0.172. The van der Waals surface area contributed by atoms with Crippen LogP contribution in [-0.4, -0.2) is 23.2 Å². The Morgan fingerprint density at radius 3 is 1.97 bits per heavy atom. The number of aromatic nitrogens is 2. The summed E-state index contributed by atoms with van der Waals surface area (Å²) in [6.07, 6.45) is 1.86. The van der Waals surface area contributed by atoms with Crippen molar-refractivity contribution in [3.8, 4) is 32.6 Å². The number of anilines is 3. The number of thiophene rings is 2. The summed E-state index contributed by atoms with van der Waals surface area (Å²) in [6.45, 7) is 7.70. The van der Waals surface area contributed by atoms with Crippen molar-refractivity contribution in [1.29, 1.82) is 0 Å². The molecule has 6 rings (SSSR count). The van der Waals surface area contributed by atoms with Crippen LogP contribution in [0.5, 0.6) is 11.5 Å². The fourth-order valence-corrected chi connectivity index (χ4v) is 6.38. The van der Waals surface area contributed by atoms with Gasteiger partial charge >= 0.3 is 0 Å². The zero-order valence-electron chi connectivity index (χ0n) is 21.7. The quantitative estimate of drug-likeness (QED) is 0.201. The highest BCUT2D eigenvalue weighted by molar-refractivity contribution is 7.14. The summed E-state index contributed by atoms with van der Waals surface area (Å²) in [7, 11) is 0. The highest BCUT2D eigenvalue weighted by atomic mass is 32.1. The standard InChI is InChI=1S/C30H30N4O2S2/c1-4-30(3,5-2)22-25-26(34-24(21-9-7-17-38-21)23(33-25)20-8-6-16-37-20)27(29-28(22)35-14-15-36-29)32-19-12-10-18(31)11-13-19/h6-13,16-17,32H,4-5,14-15,31H2,1-3H3. The third-order valence-electron chi connectivity index (χ3n) is 7.46. The first kappa shape index (κ1) is 24.7. The van der Waals surface area contributed by atoms with Crippen LogP contribution in [-0.2, 0) is 5.41 Å². The van der Waals surface area contributed by atoms with Crippen molar-refractivity contribution in [2.24, 2.45) is 0 Å². The number of rotatable bonds is 7. The van der Waals surface area contributed by atoms with Crippen molar-refractivity contribution in [2.45, 2.75) is 39.0 Å². The van der Waals surface area contributed by atoms with E-state index in [2.05, 4.69) is 61.1 Å². The van der Waals surface area contributed by atoms with E-state index in [4.69, 9.17) is 25.2 Å². The smallest absolute Gasteiger partial charge is 0.187 e. The molecule has 0 saturated heterocycles. The SMILES string of the molecule is CCC(C)(CC)c1c2c(c(Nc3ccc(N)cc3)c3nc(-c4cccs4)c(-c4cccs4)nc13)OCCO2. The monoisotopic (exact) mass is 542 g/mol. The first-order valence-electron chi connectivity index (χ1n) is 12.9. The van der Waals surface area contributed by atoms with E-state index in [0.717, 1.165) is 67.7 Å². The van der Waals surface area contributed by atoms with Crippen LogP contribution < -0.4 is 20.5 Å². The molecule has 0 unspecified atom stereocenters.